The lowest BCUT2D eigenvalue weighted by Crippen LogP contribution is -2.23. The molecule has 0 aliphatic heterocycles. The number of pyridine rings is 1. The van der Waals surface area contributed by atoms with Gasteiger partial charge in [-0.2, -0.15) is 5.10 Å². The molecule has 0 aliphatic carbocycles. The lowest BCUT2D eigenvalue weighted by Gasteiger charge is -2.03. The van der Waals surface area contributed by atoms with Crippen molar-refractivity contribution < 1.29 is 0 Å². The predicted octanol–water partition coefficient (Wildman–Crippen LogP) is 1.45. The Balaban J connectivity index is 2.33. The van der Waals surface area contributed by atoms with Gasteiger partial charge in [0, 0.05) is 18.6 Å². The van der Waals surface area contributed by atoms with E-state index in [1.165, 1.54) is 4.68 Å². The SMILES string of the molecule is O=c1c(Br)ccnn1Cc1cccnc1. The van der Waals surface area contributed by atoms with Crippen molar-refractivity contribution in [3.05, 3.63) is 57.2 Å². The molecule has 0 atom stereocenters. The van der Waals surface area contributed by atoms with Gasteiger partial charge in [-0.3, -0.25) is 9.78 Å². The molecular formula is C10H8BrN3O. The van der Waals surface area contributed by atoms with Crippen LogP contribution in [0.15, 0.2) is 46.1 Å². The lowest BCUT2D eigenvalue weighted by molar-refractivity contribution is 0.634. The first-order chi connectivity index (χ1) is 7.27. The highest BCUT2D eigenvalue weighted by atomic mass is 79.9. The van der Waals surface area contributed by atoms with E-state index in [2.05, 4.69) is 26.0 Å². The largest absolute Gasteiger partial charge is 0.281 e. The third-order valence-electron chi connectivity index (χ3n) is 1.92. The molecule has 0 aliphatic rings. The van der Waals surface area contributed by atoms with E-state index in [-0.39, 0.29) is 5.56 Å². The van der Waals surface area contributed by atoms with E-state index in [9.17, 15) is 4.79 Å². The third-order valence-corrected chi connectivity index (χ3v) is 2.52. The fourth-order valence-corrected chi connectivity index (χ4v) is 1.53. The molecule has 15 heavy (non-hydrogen) atoms. The van der Waals surface area contributed by atoms with Crippen molar-refractivity contribution in [1.82, 2.24) is 14.8 Å². The number of nitrogens with zero attached hydrogens (tertiary/aromatic N) is 3. The highest BCUT2D eigenvalue weighted by Gasteiger charge is 2.01. The number of hydrogen-bond acceptors (Lipinski definition) is 3. The van der Waals surface area contributed by atoms with Crippen LogP contribution in [0, 0.1) is 0 Å². The summed E-state index contributed by atoms with van der Waals surface area (Å²) >= 11 is 3.17. The first-order valence-electron chi connectivity index (χ1n) is 4.38. The maximum absolute atomic E-state index is 11.6. The Morgan fingerprint density at radius 1 is 1.33 bits per heavy atom. The summed E-state index contributed by atoms with van der Waals surface area (Å²) in [4.78, 5) is 15.6. The number of halogens is 1. The third kappa shape index (κ3) is 2.30. The summed E-state index contributed by atoms with van der Waals surface area (Å²) in [6, 6.07) is 5.36. The highest BCUT2D eigenvalue weighted by molar-refractivity contribution is 9.10. The van der Waals surface area contributed by atoms with E-state index in [1.807, 2.05) is 12.1 Å². The summed E-state index contributed by atoms with van der Waals surface area (Å²) in [5, 5.41) is 3.98. The Bertz CT molecular complexity index is 510. The van der Waals surface area contributed by atoms with Gasteiger partial charge in [0.05, 0.1) is 11.0 Å². The molecule has 5 heteroatoms. The van der Waals surface area contributed by atoms with Crippen LogP contribution in [0.2, 0.25) is 0 Å². The van der Waals surface area contributed by atoms with Gasteiger partial charge >= 0.3 is 0 Å². The maximum atomic E-state index is 11.6. The van der Waals surface area contributed by atoms with Crippen molar-refractivity contribution in [3.63, 3.8) is 0 Å². The van der Waals surface area contributed by atoms with Gasteiger partial charge in [-0.15, -0.1) is 0 Å². The molecule has 0 N–H and O–H groups in total. The summed E-state index contributed by atoms with van der Waals surface area (Å²) in [5.41, 5.74) is 0.812. The fraction of sp³-hybridized carbons (Fsp3) is 0.100. The predicted molar refractivity (Wildman–Crippen MR) is 59.5 cm³/mol. The zero-order chi connectivity index (χ0) is 10.7. The molecule has 0 unspecified atom stereocenters. The van der Waals surface area contributed by atoms with Gasteiger partial charge in [0.25, 0.3) is 5.56 Å². The Labute approximate surface area is 94.7 Å². The van der Waals surface area contributed by atoms with Gasteiger partial charge in [0.15, 0.2) is 0 Å². The summed E-state index contributed by atoms with van der Waals surface area (Å²) in [5.74, 6) is 0. The van der Waals surface area contributed by atoms with Crippen LogP contribution >= 0.6 is 15.9 Å². The maximum Gasteiger partial charge on any atom is 0.281 e. The van der Waals surface area contributed by atoms with Crippen molar-refractivity contribution in [1.29, 1.82) is 0 Å². The molecule has 2 aromatic heterocycles. The summed E-state index contributed by atoms with van der Waals surface area (Å²) in [7, 11) is 0. The minimum Gasteiger partial charge on any atom is -0.266 e. The van der Waals surface area contributed by atoms with Gasteiger partial charge in [0.1, 0.15) is 0 Å². The van der Waals surface area contributed by atoms with E-state index >= 15 is 0 Å². The molecule has 4 nitrogen and oxygen atoms in total. The van der Waals surface area contributed by atoms with E-state index in [4.69, 9.17) is 0 Å². The second kappa shape index (κ2) is 4.35. The van der Waals surface area contributed by atoms with E-state index in [0.717, 1.165) is 5.56 Å². The van der Waals surface area contributed by atoms with Crippen molar-refractivity contribution in [2.45, 2.75) is 6.54 Å². The molecule has 2 rings (SSSR count). The van der Waals surface area contributed by atoms with E-state index in [1.54, 1.807) is 24.7 Å². The minimum absolute atomic E-state index is 0.138. The first-order valence-corrected chi connectivity index (χ1v) is 5.17. The molecule has 0 radical (unpaired) electrons. The van der Waals surface area contributed by atoms with Crippen LogP contribution in [-0.2, 0) is 6.54 Å². The van der Waals surface area contributed by atoms with E-state index in [0.29, 0.717) is 11.0 Å². The van der Waals surface area contributed by atoms with Gasteiger partial charge in [-0.1, -0.05) is 6.07 Å². The molecule has 76 valence electrons. The van der Waals surface area contributed by atoms with Gasteiger partial charge in [0.2, 0.25) is 0 Å². The van der Waals surface area contributed by atoms with Crippen LogP contribution in [0.25, 0.3) is 0 Å². The molecule has 0 fully saturated rings. The molecule has 0 saturated carbocycles. The molecule has 0 aromatic carbocycles. The van der Waals surface area contributed by atoms with Crippen LogP contribution in [0.5, 0.6) is 0 Å². The molecule has 2 aromatic rings. The minimum atomic E-state index is -0.138. The molecular weight excluding hydrogens is 258 g/mol. The second-order valence-electron chi connectivity index (χ2n) is 3.00. The van der Waals surface area contributed by atoms with Gasteiger partial charge in [-0.05, 0) is 33.6 Å². The zero-order valence-corrected chi connectivity index (χ0v) is 9.39. The average molecular weight is 266 g/mol. The Morgan fingerprint density at radius 2 is 2.20 bits per heavy atom. The van der Waals surface area contributed by atoms with Crippen LogP contribution < -0.4 is 5.56 Å². The summed E-state index contributed by atoms with van der Waals surface area (Å²) in [6.45, 7) is 0.437. The topological polar surface area (TPSA) is 47.8 Å². The number of hydrogen-bond donors (Lipinski definition) is 0. The van der Waals surface area contributed by atoms with Crippen molar-refractivity contribution in [2.75, 3.05) is 0 Å². The van der Waals surface area contributed by atoms with Crippen LogP contribution in [-0.4, -0.2) is 14.8 Å². The van der Waals surface area contributed by atoms with E-state index < -0.39 is 0 Å². The van der Waals surface area contributed by atoms with Crippen LogP contribution in [0.3, 0.4) is 0 Å². The summed E-state index contributed by atoms with van der Waals surface area (Å²) < 4.78 is 1.91. The van der Waals surface area contributed by atoms with Gasteiger partial charge in [-0.25, -0.2) is 4.68 Å². The second-order valence-corrected chi connectivity index (χ2v) is 3.86. The number of aromatic nitrogens is 3. The first kappa shape index (κ1) is 10.0. The Hall–Kier alpha value is -1.49. The zero-order valence-electron chi connectivity index (χ0n) is 7.80. The quantitative estimate of drug-likeness (QED) is 0.826. The Morgan fingerprint density at radius 3 is 2.93 bits per heavy atom. The molecule has 2 heterocycles. The van der Waals surface area contributed by atoms with Crippen LogP contribution in [0.1, 0.15) is 5.56 Å². The Kier molecular flexibility index (Phi) is 2.91. The molecule has 0 bridgehead atoms. The molecule has 0 spiro atoms. The molecule has 0 saturated heterocycles. The lowest BCUT2D eigenvalue weighted by atomic mass is 10.3. The van der Waals surface area contributed by atoms with Gasteiger partial charge < -0.3 is 0 Å². The van der Waals surface area contributed by atoms with Crippen LogP contribution in [0.4, 0.5) is 0 Å². The number of rotatable bonds is 2. The normalized spacial score (nSPS) is 10.2. The van der Waals surface area contributed by atoms with Crippen molar-refractivity contribution in [3.8, 4) is 0 Å². The fourth-order valence-electron chi connectivity index (χ4n) is 1.20. The molecule has 0 amide bonds. The summed E-state index contributed by atoms with van der Waals surface area (Å²) in [6.07, 6.45) is 5.00. The van der Waals surface area contributed by atoms with Crippen molar-refractivity contribution in [2.24, 2.45) is 0 Å². The average Bonchev–Trinajstić information content (AvgIpc) is 2.26. The van der Waals surface area contributed by atoms with Crippen molar-refractivity contribution >= 4 is 15.9 Å². The monoisotopic (exact) mass is 265 g/mol. The standard InChI is InChI=1S/C10H8BrN3O/c11-9-3-5-13-14(10(9)15)7-8-2-1-4-12-6-8/h1-6H,7H2. The smallest absolute Gasteiger partial charge is 0.266 e. The highest BCUT2D eigenvalue weighted by Crippen LogP contribution is 2.01.